The highest BCUT2D eigenvalue weighted by Crippen LogP contribution is 2.42. The van der Waals surface area contributed by atoms with E-state index in [4.69, 9.17) is 15.2 Å². The number of carbonyl (C=O) groups excluding carboxylic acids is 1. The van der Waals surface area contributed by atoms with Crippen LogP contribution < -0.4 is 5.73 Å². The van der Waals surface area contributed by atoms with Gasteiger partial charge in [-0.05, 0) is 26.7 Å². The fourth-order valence-corrected chi connectivity index (χ4v) is 2.17. The van der Waals surface area contributed by atoms with Crippen LogP contribution >= 0.6 is 0 Å². The molecule has 0 bridgehead atoms. The molecular weight excluding hydrogens is 194 g/mol. The predicted molar refractivity (Wildman–Crippen MR) is 57.4 cm³/mol. The largest absolute Gasteiger partial charge is 0.449 e. The van der Waals surface area contributed by atoms with Crippen LogP contribution in [0.2, 0.25) is 0 Å². The number of ether oxygens (including phenoxy) is 2. The van der Waals surface area contributed by atoms with Crippen molar-refractivity contribution in [3.8, 4) is 0 Å². The van der Waals surface area contributed by atoms with Crippen molar-refractivity contribution < 1.29 is 14.3 Å². The molecule has 1 amide bonds. The zero-order chi connectivity index (χ0) is 11.5. The molecule has 0 radical (unpaired) electrons. The third-order valence-corrected chi connectivity index (χ3v) is 2.67. The van der Waals surface area contributed by atoms with Gasteiger partial charge in [0, 0.05) is 5.41 Å². The van der Waals surface area contributed by atoms with Gasteiger partial charge in [-0.3, -0.25) is 0 Å². The van der Waals surface area contributed by atoms with E-state index >= 15 is 0 Å². The summed E-state index contributed by atoms with van der Waals surface area (Å²) in [6, 6.07) is 0. The van der Waals surface area contributed by atoms with Crippen molar-refractivity contribution in [1.82, 2.24) is 0 Å². The monoisotopic (exact) mass is 213 g/mol. The second-order valence-corrected chi connectivity index (χ2v) is 4.83. The number of rotatable bonds is 4. The van der Waals surface area contributed by atoms with Crippen molar-refractivity contribution in [2.24, 2.45) is 11.1 Å². The van der Waals surface area contributed by atoms with Crippen molar-refractivity contribution in [2.75, 3.05) is 13.2 Å². The lowest BCUT2D eigenvalue weighted by molar-refractivity contribution is 0.0250. The number of carbonyl (C=O) groups is 1. The fourth-order valence-electron chi connectivity index (χ4n) is 2.17. The number of amides is 1. The molecule has 0 aliphatic carbocycles. The molecule has 4 nitrogen and oxygen atoms in total. The first kappa shape index (κ1) is 12.0. The highest BCUT2D eigenvalue weighted by Gasteiger charge is 2.44. The van der Waals surface area contributed by atoms with Crippen LogP contribution in [0, 0.1) is 5.41 Å². The maximum atomic E-state index is 10.6. The van der Waals surface area contributed by atoms with Gasteiger partial charge in [-0.15, -0.1) is 6.58 Å². The fraction of sp³-hybridized carbons (Fsp3) is 0.727. The van der Waals surface area contributed by atoms with Gasteiger partial charge in [0.15, 0.2) is 0 Å². The molecule has 4 heteroatoms. The van der Waals surface area contributed by atoms with Gasteiger partial charge in [-0.2, -0.15) is 0 Å². The quantitative estimate of drug-likeness (QED) is 0.725. The normalized spacial score (nSPS) is 28.7. The highest BCUT2D eigenvalue weighted by atomic mass is 16.6. The zero-order valence-electron chi connectivity index (χ0n) is 9.41. The average Bonchev–Trinajstić information content (AvgIpc) is 2.40. The van der Waals surface area contributed by atoms with Gasteiger partial charge in [0.25, 0.3) is 0 Å². The lowest BCUT2D eigenvalue weighted by Gasteiger charge is -2.26. The average molecular weight is 213 g/mol. The van der Waals surface area contributed by atoms with Crippen LogP contribution in [0.4, 0.5) is 4.79 Å². The van der Waals surface area contributed by atoms with Crippen LogP contribution in [0.3, 0.4) is 0 Å². The first-order valence-corrected chi connectivity index (χ1v) is 5.06. The van der Waals surface area contributed by atoms with Gasteiger partial charge in [-0.25, -0.2) is 4.79 Å². The summed E-state index contributed by atoms with van der Waals surface area (Å²) in [7, 11) is 0. The minimum atomic E-state index is -0.733. The summed E-state index contributed by atoms with van der Waals surface area (Å²) >= 11 is 0. The van der Waals surface area contributed by atoms with Crippen LogP contribution in [-0.4, -0.2) is 24.9 Å². The second-order valence-electron chi connectivity index (χ2n) is 4.83. The molecule has 2 N–H and O–H groups in total. The number of hydrogen-bond acceptors (Lipinski definition) is 3. The van der Waals surface area contributed by atoms with Crippen LogP contribution in [0.5, 0.6) is 0 Å². The van der Waals surface area contributed by atoms with Crippen molar-refractivity contribution in [1.29, 1.82) is 0 Å². The third-order valence-electron chi connectivity index (χ3n) is 2.67. The molecule has 1 saturated heterocycles. The van der Waals surface area contributed by atoms with Crippen LogP contribution in [-0.2, 0) is 9.47 Å². The van der Waals surface area contributed by atoms with E-state index in [0.717, 1.165) is 12.8 Å². The number of primary amides is 1. The molecule has 0 spiro atoms. The summed E-state index contributed by atoms with van der Waals surface area (Å²) in [6.45, 7) is 8.66. The molecular formula is C11H19NO3. The number of hydrogen-bond donors (Lipinski definition) is 1. The lowest BCUT2D eigenvalue weighted by atomic mass is 9.80. The summed E-state index contributed by atoms with van der Waals surface area (Å²) in [4.78, 5) is 10.6. The zero-order valence-corrected chi connectivity index (χ0v) is 9.41. The Morgan fingerprint density at radius 2 is 2.33 bits per heavy atom. The Bertz CT molecular complexity index is 263. The van der Waals surface area contributed by atoms with Gasteiger partial charge in [0.2, 0.25) is 0 Å². The van der Waals surface area contributed by atoms with E-state index in [-0.39, 0.29) is 11.0 Å². The topological polar surface area (TPSA) is 61.5 Å². The van der Waals surface area contributed by atoms with E-state index in [2.05, 4.69) is 6.58 Å². The Morgan fingerprint density at radius 1 is 1.67 bits per heavy atom. The van der Waals surface area contributed by atoms with E-state index in [1.807, 2.05) is 19.9 Å². The molecule has 0 aromatic rings. The van der Waals surface area contributed by atoms with E-state index in [0.29, 0.717) is 13.2 Å². The lowest BCUT2D eigenvalue weighted by Crippen LogP contribution is -2.31. The summed E-state index contributed by atoms with van der Waals surface area (Å²) in [5.41, 5.74) is 4.65. The SMILES string of the molecule is C=CC[C@@]1(COC(N)=O)COC(C)(C)C1. The maximum absolute atomic E-state index is 10.6. The molecule has 15 heavy (non-hydrogen) atoms. The van der Waals surface area contributed by atoms with Crippen molar-refractivity contribution in [2.45, 2.75) is 32.3 Å². The maximum Gasteiger partial charge on any atom is 0.404 e. The molecule has 86 valence electrons. The number of allylic oxidation sites excluding steroid dienone is 1. The molecule has 0 aromatic carbocycles. The molecule has 0 unspecified atom stereocenters. The summed E-state index contributed by atoms with van der Waals surface area (Å²) in [5.74, 6) is 0. The summed E-state index contributed by atoms with van der Waals surface area (Å²) in [6.07, 6.45) is 2.71. The van der Waals surface area contributed by atoms with Crippen LogP contribution in [0.25, 0.3) is 0 Å². The Hall–Kier alpha value is -1.03. The Morgan fingerprint density at radius 3 is 2.73 bits per heavy atom. The molecule has 1 aliphatic heterocycles. The smallest absolute Gasteiger partial charge is 0.404 e. The standard InChI is InChI=1S/C11H19NO3/c1-4-5-11(7-14-9(12)13)6-10(2,3)15-8-11/h4H,1,5-8H2,2-3H3,(H2,12,13)/t11-/m1/s1. The molecule has 0 aromatic heterocycles. The minimum Gasteiger partial charge on any atom is -0.449 e. The molecule has 1 atom stereocenters. The van der Waals surface area contributed by atoms with Crippen molar-refractivity contribution >= 4 is 6.09 Å². The van der Waals surface area contributed by atoms with Gasteiger partial charge >= 0.3 is 6.09 Å². The van der Waals surface area contributed by atoms with E-state index in [1.54, 1.807) is 0 Å². The van der Waals surface area contributed by atoms with Gasteiger partial charge in [0.1, 0.15) is 6.61 Å². The van der Waals surface area contributed by atoms with E-state index < -0.39 is 6.09 Å². The number of nitrogens with two attached hydrogens (primary N) is 1. The van der Waals surface area contributed by atoms with Crippen LogP contribution in [0.1, 0.15) is 26.7 Å². The Labute approximate surface area is 90.4 Å². The van der Waals surface area contributed by atoms with Crippen molar-refractivity contribution in [3.63, 3.8) is 0 Å². The van der Waals surface area contributed by atoms with E-state index in [9.17, 15) is 4.79 Å². The molecule has 1 heterocycles. The minimum absolute atomic E-state index is 0.152. The van der Waals surface area contributed by atoms with Gasteiger partial charge in [0.05, 0.1) is 12.2 Å². The molecule has 1 aliphatic rings. The van der Waals surface area contributed by atoms with Gasteiger partial charge < -0.3 is 15.2 Å². The predicted octanol–water partition coefficient (Wildman–Crippen LogP) is 1.84. The van der Waals surface area contributed by atoms with Gasteiger partial charge in [-0.1, -0.05) is 6.08 Å². The third kappa shape index (κ3) is 3.23. The van der Waals surface area contributed by atoms with E-state index in [1.165, 1.54) is 0 Å². The van der Waals surface area contributed by atoms with Crippen molar-refractivity contribution in [3.05, 3.63) is 12.7 Å². The molecule has 1 rings (SSSR count). The first-order valence-electron chi connectivity index (χ1n) is 5.06. The summed E-state index contributed by atoms with van der Waals surface area (Å²) < 4.78 is 10.5. The Kier molecular flexibility index (Phi) is 3.39. The first-order chi connectivity index (χ1) is 6.89. The Balaban J connectivity index is 2.64. The second kappa shape index (κ2) is 4.23. The molecule has 0 saturated carbocycles. The highest BCUT2D eigenvalue weighted by molar-refractivity contribution is 5.64. The van der Waals surface area contributed by atoms with Crippen LogP contribution in [0.15, 0.2) is 12.7 Å². The molecule has 1 fully saturated rings. The summed E-state index contributed by atoms with van der Waals surface area (Å²) in [5, 5.41) is 0.